The number of carbonyl (C=O) groups is 1. The van der Waals surface area contributed by atoms with Crippen molar-refractivity contribution < 1.29 is 19.0 Å². The maximum atomic E-state index is 14.2. The number of hydrogen-bond donors (Lipinski definition) is 1. The molecule has 29 heavy (non-hydrogen) atoms. The number of nitriles is 1. The lowest BCUT2D eigenvalue weighted by Crippen LogP contribution is -2.52. The first-order chi connectivity index (χ1) is 14.0. The van der Waals surface area contributed by atoms with Crippen LogP contribution in [0.15, 0.2) is 40.5 Å². The molecule has 0 radical (unpaired) electrons. The van der Waals surface area contributed by atoms with E-state index in [-0.39, 0.29) is 17.3 Å². The van der Waals surface area contributed by atoms with Gasteiger partial charge in [-0.15, -0.1) is 11.8 Å². The molecule has 3 rings (SSSR count). The minimum absolute atomic E-state index is 0.00205. The van der Waals surface area contributed by atoms with E-state index < -0.39 is 11.8 Å². The molecular weight excluding hydrogens is 393 g/mol. The van der Waals surface area contributed by atoms with Crippen molar-refractivity contribution in [1.82, 2.24) is 9.80 Å². The number of hydrogen-bond acceptors (Lipinski definition) is 6. The van der Waals surface area contributed by atoms with Crippen molar-refractivity contribution in [2.24, 2.45) is 0 Å². The van der Waals surface area contributed by atoms with Crippen molar-refractivity contribution in [2.45, 2.75) is 26.6 Å². The second-order valence-corrected chi connectivity index (χ2v) is 8.14. The molecule has 6 nitrogen and oxygen atoms in total. The fourth-order valence-corrected chi connectivity index (χ4v) is 4.64. The molecule has 154 valence electrons. The molecule has 8 heteroatoms. The van der Waals surface area contributed by atoms with Crippen LogP contribution >= 0.6 is 11.8 Å². The molecule has 1 N–H and O–H groups in total. The number of benzene rings is 1. The summed E-state index contributed by atoms with van der Waals surface area (Å²) in [6.45, 7) is 6.86. The maximum Gasteiger partial charge on any atom is 0.338 e. The Morgan fingerprint density at radius 1 is 1.41 bits per heavy atom. The summed E-state index contributed by atoms with van der Waals surface area (Å²) in [5, 5.41) is 19.5. The normalized spacial score (nSPS) is 20.4. The number of thioether (sulfide) groups is 1. The fourth-order valence-electron chi connectivity index (χ4n) is 3.64. The van der Waals surface area contributed by atoms with Crippen molar-refractivity contribution in [3.63, 3.8) is 0 Å². The van der Waals surface area contributed by atoms with Gasteiger partial charge in [-0.3, -0.25) is 4.90 Å². The minimum atomic E-state index is -0.967. The van der Waals surface area contributed by atoms with E-state index in [1.807, 2.05) is 30.9 Å². The summed E-state index contributed by atoms with van der Waals surface area (Å²) in [5.74, 6) is -0.817. The Labute approximate surface area is 174 Å². The summed E-state index contributed by atoms with van der Waals surface area (Å²) in [6, 6.07) is 6.37. The SMILES string of the molecule is CCSC1=C(C(=O)O)C(C)=CC(N2CCOCC2)N1Cc1ccc(C#N)c(F)c1. The van der Waals surface area contributed by atoms with Crippen LogP contribution in [0.3, 0.4) is 0 Å². The van der Waals surface area contributed by atoms with E-state index in [0.29, 0.717) is 36.1 Å². The van der Waals surface area contributed by atoms with Gasteiger partial charge >= 0.3 is 5.97 Å². The largest absolute Gasteiger partial charge is 0.478 e. The Morgan fingerprint density at radius 2 is 2.14 bits per heavy atom. The zero-order chi connectivity index (χ0) is 21.0. The third-order valence-corrected chi connectivity index (χ3v) is 6.01. The van der Waals surface area contributed by atoms with Gasteiger partial charge < -0.3 is 14.7 Å². The molecule has 0 aliphatic carbocycles. The summed E-state index contributed by atoms with van der Waals surface area (Å²) in [5.41, 5.74) is 1.70. The topological polar surface area (TPSA) is 76.8 Å². The molecule has 1 atom stereocenters. The Balaban J connectivity index is 2.03. The van der Waals surface area contributed by atoms with Crippen LogP contribution in [0, 0.1) is 17.1 Å². The van der Waals surface area contributed by atoms with Crippen LogP contribution in [0.25, 0.3) is 0 Å². The van der Waals surface area contributed by atoms with Gasteiger partial charge in [0.05, 0.1) is 29.4 Å². The molecule has 0 saturated carbocycles. The molecular formula is C21H24FN3O3S. The molecule has 0 amide bonds. The molecule has 2 heterocycles. The van der Waals surface area contributed by atoms with Crippen LogP contribution in [0.2, 0.25) is 0 Å². The van der Waals surface area contributed by atoms with Crippen LogP contribution in [0.4, 0.5) is 4.39 Å². The monoisotopic (exact) mass is 417 g/mol. The zero-order valence-corrected chi connectivity index (χ0v) is 17.3. The molecule has 1 unspecified atom stereocenters. The molecule has 0 bridgehead atoms. The van der Waals surface area contributed by atoms with Gasteiger partial charge in [0.25, 0.3) is 0 Å². The van der Waals surface area contributed by atoms with Gasteiger partial charge in [0.2, 0.25) is 0 Å². The second-order valence-electron chi connectivity index (χ2n) is 6.88. The molecule has 0 aromatic heterocycles. The van der Waals surface area contributed by atoms with Crippen molar-refractivity contribution in [3.8, 4) is 6.07 Å². The first-order valence-corrected chi connectivity index (χ1v) is 10.5. The number of nitrogens with zero attached hydrogens (tertiary/aromatic N) is 3. The number of halogens is 1. The van der Waals surface area contributed by atoms with Crippen molar-refractivity contribution in [3.05, 3.63) is 57.4 Å². The Bertz CT molecular complexity index is 888. The number of carboxylic acid groups (broad SMARTS) is 1. The summed E-state index contributed by atoms with van der Waals surface area (Å²) in [6.07, 6.45) is 1.82. The van der Waals surface area contributed by atoms with Crippen LogP contribution in [-0.4, -0.2) is 59.1 Å². The van der Waals surface area contributed by atoms with Gasteiger partial charge in [-0.25, -0.2) is 9.18 Å². The van der Waals surface area contributed by atoms with E-state index in [2.05, 4.69) is 4.90 Å². The highest BCUT2D eigenvalue weighted by Crippen LogP contribution is 2.37. The lowest BCUT2D eigenvalue weighted by atomic mass is 10.0. The number of rotatable bonds is 6. The van der Waals surface area contributed by atoms with E-state index >= 15 is 0 Å². The van der Waals surface area contributed by atoms with E-state index in [1.165, 1.54) is 23.9 Å². The number of ether oxygens (including phenoxy) is 1. The second kappa shape index (κ2) is 9.44. The van der Waals surface area contributed by atoms with Crippen LogP contribution in [-0.2, 0) is 16.1 Å². The fraction of sp³-hybridized carbons (Fsp3) is 0.429. The summed E-state index contributed by atoms with van der Waals surface area (Å²) < 4.78 is 19.7. The highest BCUT2D eigenvalue weighted by atomic mass is 32.2. The number of carboxylic acids is 1. The predicted molar refractivity (Wildman–Crippen MR) is 109 cm³/mol. The average Bonchev–Trinajstić information content (AvgIpc) is 2.70. The van der Waals surface area contributed by atoms with Crippen molar-refractivity contribution in [2.75, 3.05) is 32.1 Å². The third-order valence-electron chi connectivity index (χ3n) is 5.01. The summed E-state index contributed by atoms with van der Waals surface area (Å²) in [4.78, 5) is 16.3. The van der Waals surface area contributed by atoms with Gasteiger partial charge in [-0.1, -0.05) is 13.0 Å². The predicted octanol–water partition coefficient (Wildman–Crippen LogP) is 3.17. The molecule has 1 aromatic carbocycles. The minimum Gasteiger partial charge on any atom is -0.478 e. The van der Waals surface area contributed by atoms with E-state index in [9.17, 15) is 14.3 Å². The highest BCUT2D eigenvalue weighted by molar-refractivity contribution is 8.03. The third kappa shape index (κ3) is 4.64. The van der Waals surface area contributed by atoms with E-state index in [1.54, 1.807) is 6.07 Å². The van der Waals surface area contributed by atoms with Gasteiger partial charge in [-0.05, 0) is 42.0 Å². The Morgan fingerprint density at radius 3 is 2.72 bits per heavy atom. The quantitative estimate of drug-likeness (QED) is 0.762. The molecule has 2 aliphatic rings. The Kier molecular flexibility index (Phi) is 6.96. The number of aliphatic carboxylic acids is 1. The van der Waals surface area contributed by atoms with Gasteiger partial charge in [0.15, 0.2) is 0 Å². The summed E-state index contributed by atoms with van der Waals surface area (Å²) in [7, 11) is 0. The molecule has 0 spiro atoms. The van der Waals surface area contributed by atoms with E-state index in [4.69, 9.17) is 10.00 Å². The lowest BCUT2D eigenvalue weighted by Gasteiger charge is -2.44. The lowest BCUT2D eigenvalue weighted by molar-refractivity contribution is -0.132. The van der Waals surface area contributed by atoms with E-state index in [0.717, 1.165) is 18.7 Å². The maximum absolute atomic E-state index is 14.2. The Hall–Kier alpha value is -2.34. The van der Waals surface area contributed by atoms with Gasteiger partial charge in [0, 0.05) is 19.6 Å². The molecule has 1 fully saturated rings. The van der Waals surface area contributed by atoms with Crippen molar-refractivity contribution in [1.29, 1.82) is 5.26 Å². The first-order valence-electron chi connectivity index (χ1n) is 9.52. The van der Waals surface area contributed by atoms with Gasteiger partial charge in [0.1, 0.15) is 18.1 Å². The average molecular weight is 418 g/mol. The number of morpholine rings is 1. The van der Waals surface area contributed by atoms with Crippen LogP contribution < -0.4 is 0 Å². The smallest absolute Gasteiger partial charge is 0.338 e. The summed E-state index contributed by atoms with van der Waals surface area (Å²) >= 11 is 1.48. The standard InChI is InChI=1S/C21H24FN3O3S/c1-3-29-20-19(21(26)27)14(2)10-18(24-6-8-28-9-7-24)25(20)13-15-4-5-16(12-23)17(22)11-15/h4-5,10-11,18H,3,6-9,13H2,1-2H3,(H,26,27). The first kappa shape index (κ1) is 21.4. The highest BCUT2D eigenvalue weighted by Gasteiger charge is 2.34. The van der Waals surface area contributed by atoms with Crippen LogP contribution in [0.5, 0.6) is 0 Å². The molecule has 2 aliphatic heterocycles. The van der Waals surface area contributed by atoms with Gasteiger partial charge in [-0.2, -0.15) is 5.26 Å². The zero-order valence-electron chi connectivity index (χ0n) is 16.5. The van der Waals surface area contributed by atoms with Crippen LogP contribution in [0.1, 0.15) is 25.0 Å². The van der Waals surface area contributed by atoms with Crippen molar-refractivity contribution >= 4 is 17.7 Å². The molecule has 1 saturated heterocycles. The molecule has 1 aromatic rings.